The molecule has 0 saturated carbocycles. The first-order valence-corrected chi connectivity index (χ1v) is 9.27. The first-order valence-electron chi connectivity index (χ1n) is 9.27. The fraction of sp³-hybridized carbons (Fsp3) is 0.208. The van der Waals surface area contributed by atoms with Crippen LogP contribution in [0.5, 0.6) is 5.75 Å². The summed E-state index contributed by atoms with van der Waals surface area (Å²) in [6.45, 7) is 2.62. The number of methoxy groups -OCH3 is 1. The van der Waals surface area contributed by atoms with E-state index < -0.39 is 12.0 Å². The number of nitrogens with two attached hydrogens (primary N) is 1. The lowest BCUT2D eigenvalue weighted by Gasteiger charge is -2.13. The van der Waals surface area contributed by atoms with Crippen molar-refractivity contribution >= 4 is 5.97 Å². The van der Waals surface area contributed by atoms with Crippen molar-refractivity contribution in [3.63, 3.8) is 0 Å². The van der Waals surface area contributed by atoms with Gasteiger partial charge in [0.25, 0.3) is 0 Å². The molecular weight excluding hydrogens is 350 g/mol. The molecule has 0 saturated heterocycles. The van der Waals surface area contributed by atoms with Gasteiger partial charge in [0.05, 0.1) is 7.11 Å². The maximum atomic E-state index is 11.4. The lowest BCUT2D eigenvalue weighted by molar-refractivity contribution is -0.142. The number of ether oxygens (including phenoxy) is 2. The van der Waals surface area contributed by atoms with Crippen LogP contribution < -0.4 is 10.5 Å². The third-order valence-corrected chi connectivity index (χ3v) is 4.81. The summed E-state index contributed by atoms with van der Waals surface area (Å²) in [6.07, 6.45) is 0.436. The molecule has 0 heterocycles. The van der Waals surface area contributed by atoms with E-state index in [2.05, 4.69) is 42.0 Å². The van der Waals surface area contributed by atoms with Gasteiger partial charge in [-0.2, -0.15) is 0 Å². The second-order valence-corrected chi connectivity index (χ2v) is 6.72. The monoisotopic (exact) mass is 375 g/mol. The van der Waals surface area contributed by atoms with Crippen molar-refractivity contribution in [1.82, 2.24) is 0 Å². The Morgan fingerprint density at radius 1 is 0.964 bits per heavy atom. The molecule has 28 heavy (non-hydrogen) atoms. The van der Waals surface area contributed by atoms with Gasteiger partial charge < -0.3 is 15.2 Å². The Hall–Kier alpha value is -3.11. The predicted octanol–water partition coefficient (Wildman–Crippen LogP) is 4.28. The second kappa shape index (κ2) is 9.20. The molecule has 0 unspecified atom stereocenters. The molecule has 3 aromatic carbocycles. The number of carbonyl (C=O) groups is 1. The van der Waals surface area contributed by atoms with Crippen LogP contribution in [0.3, 0.4) is 0 Å². The Bertz CT molecular complexity index is 920. The number of carbonyl (C=O) groups excluding carboxylic acids is 1. The topological polar surface area (TPSA) is 61.5 Å². The van der Waals surface area contributed by atoms with E-state index in [-0.39, 0.29) is 0 Å². The number of hydrogen-bond acceptors (Lipinski definition) is 4. The fourth-order valence-corrected chi connectivity index (χ4v) is 3.14. The molecule has 144 valence electrons. The molecule has 0 aromatic heterocycles. The van der Waals surface area contributed by atoms with Crippen LogP contribution in [0.1, 0.15) is 16.7 Å². The highest BCUT2D eigenvalue weighted by Gasteiger charge is 2.14. The minimum absolute atomic E-state index is 0.408. The highest BCUT2D eigenvalue weighted by Crippen LogP contribution is 2.26. The highest BCUT2D eigenvalue weighted by atomic mass is 16.5. The normalized spacial score (nSPS) is 11.7. The van der Waals surface area contributed by atoms with Crippen LogP contribution in [0, 0.1) is 6.92 Å². The van der Waals surface area contributed by atoms with Gasteiger partial charge in [0.1, 0.15) is 18.4 Å². The van der Waals surface area contributed by atoms with E-state index in [1.165, 1.54) is 23.8 Å². The molecule has 1 atom stereocenters. The molecule has 0 spiro atoms. The quantitative estimate of drug-likeness (QED) is 0.626. The Morgan fingerprint density at radius 3 is 2.36 bits per heavy atom. The van der Waals surface area contributed by atoms with Crippen molar-refractivity contribution in [3.05, 3.63) is 89.5 Å². The number of benzene rings is 3. The molecule has 3 rings (SSSR count). The van der Waals surface area contributed by atoms with Gasteiger partial charge in [-0.25, -0.2) is 0 Å². The Morgan fingerprint density at radius 2 is 1.68 bits per heavy atom. The first-order chi connectivity index (χ1) is 13.6. The van der Waals surface area contributed by atoms with Gasteiger partial charge in [0, 0.05) is 0 Å². The highest BCUT2D eigenvalue weighted by molar-refractivity contribution is 5.75. The standard InChI is InChI=1S/C24H25NO3/c1-17-20(9-6-10-22(17)19-7-4-3-5-8-19)16-28-21-13-11-18(12-14-21)15-23(25)24(26)27-2/h3-14,23H,15-16,25H2,1-2H3/t23-/m0/s1. The van der Waals surface area contributed by atoms with E-state index in [9.17, 15) is 4.79 Å². The molecule has 4 nitrogen and oxygen atoms in total. The van der Waals surface area contributed by atoms with Crippen molar-refractivity contribution in [2.45, 2.75) is 26.0 Å². The van der Waals surface area contributed by atoms with Gasteiger partial charge in [-0.3, -0.25) is 4.79 Å². The number of hydrogen-bond donors (Lipinski definition) is 1. The molecule has 0 radical (unpaired) electrons. The summed E-state index contributed by atoms with van der Waals surface area (Å²) in [5.74, 6) is 0.369. The van der Waals surface area contributed by atoms with Crippen molar-refractivity contribution < 1.29 is 14.3 Å². The van der Waals surface area contributed by atoms with Crippen LogP contribution in [-0.2, 0) is 22.6 Å². The largest absolute Gasteiger partial charge is 0.489 e. The summed E-state index contributed by atoms with van der Waals surface area (Å²) in [6, 6.07) is 23.6. The molecule has 3 aromatic rings. The van der Waals surface area contributed by atoms with Gasteiger partial charge in [-0.15, -0.1) is 0 Å². The lowest BCUT2D eigenvalue weighted by Crippen LogP contribution is -2.33. The lowest BCUT2D eigenvalue weighted by atomic mass is 9.97. The van der Waals surface area contributed by atoms with E-state index in [4.69, 9.17) is 10.5 Å². The van der Waals surface area contributed by atoms with Crippen LogP contribution in [0.4, 0.5) is 0 Å². The average Bonchev–Trinajstić information content (AvgIpc) is 2.74. The van der Waals surface area contributed by atoms with Gasteiger partial charge in [-0.05, 0) is 53.3 Å². The van der Waals surface area contributed by atoms with Gasteiger partial charge in [-0.1, -0.05) is 60.7 Å². The second-order valence-electron chi connectivity index (χ2n) is 6.72. The molecule has 0 aliphatic heterocycles. The molecule has 0 aliphatic rings. The Labute approximate surface area is 165 Å². The molecule has 0 fully saturated rings. The minimum atomic E-state index is -0.653. The summed E-state index contributed by atoms with van der Waals surface area (Å²) in [4.78, 5) is 11.4. The Kier molecular flexibility index (Phi) is 6.45. The summed E-state index contributed by atoms with van der Waals surface area (Å²) in [7, 11) is 1.34. The summed E-state index contributed by atoms with van der Waals surface area (Å²) in [5.41, 5.74) is 11.6. The molecular formula is C24H25NO3. The summed E-state index contributed by atoms with van der Waals surface area (Å²) < 4.78 is 10.6. The smallest absolute Gasteiger partial charge is 0.322 e. The van der Waals surface area contributed by atoms with E-state index in [1.807, 2.05) is 42.5 Å². The molecule has 4 heteroatoms. The van der Waals surface area contributed by atoms with Gasteiger partial charge in [0.2, 0.25) is 0 Å². The molecule has 2 N–H and O–H groups in total. The van der Waals surface area contributed by atoms with Crippen LogP contribution in [-0.4, -0.2) is 19.1 Å². The molecule has 0 aliphatic carbocycles. The van der Waals surface area contributed by atoms with Gasteiger partial charge >= 0.3 is 5.97 Å². The van der Waals surface area contributed by atoms with Gasteiger partial charge in [0.15, 0.2) is 0 Å². The zero-order valence-corrected chi connectivity index (χ0v) is 16.2. The van der Waals surface area contributed by atoms with E-state index in [1.54, 1.807) is 0 Å². The number of esters is 1. The third kappa shape index (κ3) is 4.78. The predicted molar refractivity (Wildman–Crippen MR) is 111 cm³/mol. The fourth-order valence-electron chi connectivity index (χ4n) is 3.14. The van der Waals surface area contributed by atoms with E-state index in [0.717, 1.165) is 16.9 Å². The average molecular weight is 375 g/mol. The Balaban J connectivity index is 1.65. The summed E-state index contributed by atoms with van der Waals surface area (Å²) in [5, 5.41) is 0. The zero-order valence-electron chi connectivity index (χ0n) is 16.2. The molecule has 0 bridgehead atoms. The van der Waals surface area contributed by atoms with Crippen molar-refractivity contribution in [1.29, 1.82) is 0 Å². The van der Waals surface area contributed by atoms with E-state index in [0.29, 0.717) is 13.0 Å². The van der Waals surface area contributed by atoms with Crippen LogP contribution in [0.15, 0.2) is 72.8 Å². The van der Waals surface area contributed by atoms with Crippen molar-refractivity contribution in [3.8, 4) is 16.9 Å². The maximum absolute atomic E-state index is 11.4. The molecule has 0 amide bonds. The SMILES string of the molecule is COC(=O)[C@@H](N)Cc1ccc(OCc2cccc(-c3ccccc3)c2C)cc1. The van der Waals surface area contributed by atoms with E-state index >= 15 is 0 Å². The minimum Gasteiger partial charge on any atom is -0.489 e. The van der Waals surface area contributed by atoms with Crippen LogP contribution in [0.25, 0.3) is 11.1 Å². The first kappa shape index (κ1) is 19.6. The van der Waals surface area contributed by atoms with Crippen LogP contribution in [0.2, 0.25) is 0 Å². The van der Waals surface area contributed by atoms with Crippen LogP contribution >= 0.6 is 0 Å². The number of rotatable bonds is 7. The summed E-state index contributed by atoms with van der Waals surface area (Å²) >= 11 is 0. The van der Waals surface area contributed by atoms with Crippen molar-refractivity contribution in [2.75, 3.05) is 7.11 Å². The third-order valence-electron chi connectivity index (χ3n) is 4.81. The zero-order chi connectivity index (χ0) is 19.9. The van der Waals surface area contributed by atoms with Crippen molar-refractivity contribution in [2.24, 2.45) is 5.73 Å². The maximum Gasteiger partial charge on any atom is 0.322 e.